The standard InChI is InChI=1S/C31H37N3O7/c1-21-7-10-26(40-21)29(30(35)32-23-5-3-2-4-6-23)34(18-22-8-11-25-28(17-22)39-20-38-25)31(36)27-12-9-24(41-27)19-33-13-15-37-16-14-33/h7-12,17,23,29H,2-6,13-16,18-20H2,1H3,(H,32,35)/t29-/m1/s1. The molecule has 0 bridgehead atoms. The molecular formula is C31H37N3O7. The van der Waals surface area contributed by atoms with Crippen LogP contribution in [0.15, 0.2) is 51.3 Å². The van der Waals surface area contributed by atoms with Gasteiger partial charge in [0.15, 0.2) is 23.3 Å². The Hall–Kier alpha value is -3.76. The fourth-order valence-electron chi connectivity index (χ4n) is 5.77. The molecule has 0 radical (unpaired) electrons. The maximum atomic E-state index is 14.2. The molecule has 2 aromatic heterocycles. The largest absolute Gasteiger partial charge is 0.464 e. The van der Waals surface area contributed by atoms with Gasteiger partial charge in [-0.1, -0.05) is 25.3 Å². The second kappa shape index (κ2) is 12.4. The van der Waals surface area contributed by atoms with Gasteiger partial charge in [-0.3, -0.25) is 14.5 Å². The summed E-state index contributed by atoms with van der Waals surface area (Å²) in [6.45, 7) is 5.67. The number of benzene rings is 1. The van der Waals surface area contributed by atoms with Gasteiger partial charge in [-0.25, -0.2) is 0 Å². The number of morpholine rings is 1. The Bertz CT molecular complexity index is 1350. The van der Waals surface area contributed by atoms with Gasteiger partial charge in [0.25, 0.3) is 11.8 Å². The number of nitrogens with zero attached hydrogens (tertiary/aromatic N) is 2. The van der Waals surface area contributed by atoms with E-state index >= 15 is 0 Å². The van der Waals surface area contributed by atoms with E-state index in [1.54, 1.807) is 12.1 Å². The highest BCUT2D eigenvalue weighted by Gasteiger charge is 2.37. The number of nitrogens with one attached hydrogen (secondary N) is 1. The lowest BCUT2D eigenvalue weighted by Gasteiger charge is -2.31. The Kier molecular flexibility index (Phi) is 8.29. The highest BCUT2D eigenvalue weighted by atomic mass is 16.7. The van der Waals surface area contributed by atoms with Crippen LogP contribution >= 0.6 is 0 Å². The van der Waals surface area contributed by atoms with Crippen molar-refractivity contribution in [2.45, 2.75) is 64.2 Å². The summed E-state index contributed by atoms with van der Waals surface area (Å²) < 4.78 is 28.6. The maximum absolute atomic E-state index is 14.2. The molecule has 2 aliphatic heterocycles. The number of aryl methyl sites for hydroxylation is 1. The Morgan fingerprint density at radius 2 is 1.78 bits per heavy atom. The van der Waals surface area contributed by atoms with Crippen molar-refractivity contribution in [2.24, 2.45) is 0 Å². The first-order valence-corrected chi connectivity index (χ1v) is 14.5. The SMILES string of the molecule is Cc1ccc([C@H](C(=O)NC2CCCCC2)N(Cc2ccc3c(c2)OCO3)C(=O)c2ccc(CN3CCOCC3)o2)o1. The lowest BCUT2D eigenvalue weighted by molar-refractivity contribution is -0.127. The van der Waals surface area contributed by atoms with Gasteiger partial charge in [-0.2, -0.15) is 0 Å². The van der Waals surface area contributed by atoms with Crippen LogP contribution < -0.4 is 14.8 Å². The number of rotatable bonds is 9. The van der Waals surface area contributed by atoms with Crippen molar-refractivity contribution in [3.05, 3.63) is 71.1 Å². The quantitative estimate of drug-likeness (QED) is 0.404. The van der Waals surface area contributed by atoms with Crippen molar-refractivity contribution in [1.82, 2.24) is 15.1 Å². The predicted octanol–water partition coefficient (Wildman–Crippen LogP) is 4.57. The Morgan fingerprint density at radius 3 is 2.56 bits per heavy atom. The second-order valence-electron chi connectivity index (χ2n) is 11.0. The highest BCUT2D eigenvalue weighted by Crippen LogP contribution is 2.35. The summed E-state index contributed by atoms with van der Waals surface area (Å²) in [6.07, 6.45) is 5.18. The van der Waals surface area contributed by atoms with E-state index in [-0.39, 0.29) is 31.0 Å². The molecule has 41 heavy (non-hydrogen) atoms. The first-order valence-electron chi connectivity index (χ1n) is 14.5. The van der Waals surface area contributed by atoms with Crippen LogP contribution in [-0.4, -0.2) is 60.8 Å². The maximum Gasteiger partial charge on any atom is 0.290 e. The van der Waals surface area contributed by atoms with Crippen LogP contribution in [0.5, 0.6) is 11.5 Å². The van der Waals surface area contributed by atoms with Crippen molar-refractivity contribution >= 4 is 11.8 Å². The Morgan fingerprint density at radius 1 is 0.976 bits per heavy atom. The molecule has 3 aromatic rings. The van der Waals surface area contributed by atoms with Crippen molar-refractivity contribution in [3.8, 4) is 11.5 Å². The van der Waals surface area contributed by atoms with E-state index in [0.717, 1.165) is 44.3 Å². The number of furan rings is 2. The van der Waals surface area contributed by atoms with Crippen LogP contribution in [-0.2, 0) is 22.6 Å². The molecule has 1 saturated heterocycles. The number of ether oxygens (including phenoxy) is 3. The number of hydrogen-bond donors (Lipinski definition) is 1. The number of amides is 2. The van der Waals surface area contributed by atoms with Crippen LogP contribution in [0.4, 0.5) is 0 Å². The van der Waals surface area contributed by atoms with Gasteiger partial charge in [0, 0.05) is 25.7 Å². The summed E-state index contributed by atoms with van der Waals surface area (Å²) in [5.74, 6) is 2.54. The molecule has 1 aromatic carbocycles. The average molecular weight is 564 g/mol. The topological polar surface area (TPSA) is 107 Å². The third-order valence-electron chi connectivity index (χ3n) is 7.95. The summed E-state index contributed by atoms with van der Waals surface area (Å²) in [4.78, 5) is 32.0. The minimum absolute atomic E-state index is 0.0704. The molecular weight excluding hydrogens is 526 g/mol. The van der Waals surface area contributed by atoms with Gasteiger partial charge in [0.05, 0.1) is 19.8 Å². The molecule has 1 aliphatic carbocycles. The van der Waals surface area contributed by atoms with E-state index < -0.39 is 11.9 Å². The Balaban J connectivity index is 1.32. The molecule has 1 saturated carbocycles. The molecule has 3 aliphatic rings. The molecule has 0 unspecified atom stereocenters. The summed E-state index contributed by atoms with van der Waals surface area (Å²) in [7, 11) is 0. The van der Waals surface area contributed by atoms with Crippen molar-refractivity contribution in [2.75, 3.05) is 33.1 Å². The van der Waals surface area contributed by atoms with Crippen LogP contribution in [0.1, 0.15) is 71.5 Å². The minimum Gasteiger partial charge on any atom is -0.464 e. The summed E-state index contributed by atoms with van der Waals surface area (Å²) >= 11 is 0. The van der Waals surface area contributed by atoms with Crippen molar-refractivity contribution < 1.29 is 32.6 Å². The van der Waals surface area contributed by atoms with E-state index in [9.17, 15) is 9.59 Å². The van der Waals surface area contributed by atoms with Gasteiger partial charge in [-0.15, -0.1) is 0 Å². The zero-order valence-corrected chi connectivity index (χ0v) is 23.4. The molecule has 0 spiro atoms. The number of fused-ring (bicyclic) bond motifs is 1. The van der Waals surface area contributed by atoms with E-state index in [1.165, 1.54) is 11.3 Å². The molecule has 10 nitrogen and oxygen atoms in total. The number of carbonyl (C=O) groups excluding carboxylic acids is 2. The van der Waals surface area contributed by atoms with Crippen LogP contribution in [0.25, 0.3) is 0 Å². The van der Waals surface area contributed by atoms with Gasteiger partial charge in [0.1, 0.15) is 17.3 Å². The number of carbonyl (C=O) groups is 2. The molecule has 4 heterocycles. The molecule has 6 rings (SSSR count). The third-order valence-corrected chi connectivity index (χ3v) is 7.95. The zero-order valence-electron chi connectivity index (χ0n) is 23.4. The third kappa shape index (κ3) is 6.44. The molecule has 1 N–H and O–H groups in total. The van der Waals surface area contributed by atoms with E-state index in [4.69, 9.17) is 23.0 Å². The highest BCUT2D eigenvalue weighted by molar-refractivity contribution is 5.96. The van der Waals surface area contributed by atoms with Crippen LogP contribution in [0, 0.1) is 6.92 Å². The van der Waals surface area contributed by atoms with Crippen LogP contribution in [0.2, 0.25) is 0 Å². The monoisotopic (exact) mass is 563 g/mol. The van der Waals surface area contributed by atoms with Gasteiger partial charge >= 0.3 is 0 Å². The normalized spacial score (nSPS) is 18.3. The second-order valence-corrected chi connectivity index (χ2v) is 11.0. The van der Waals surface area contributed by atoms with Gasteiger partial charge < -0.3 is 33.3 Å². The Labute approximate surface area is 239 Å². The zero-order chi connectivity index (χ0) is 28.2. The van der Waals surface area contributed by atoms with Crippen molar-refractivity contribution in [1.29, 1.82) is 0 Å². The molecule has 10 heteroatoms. The number of hydrogen-bond acceptors (Lipinski definition) is 8. The van der Waals surface area contributed by atoms with E-state index in [1.807, 2.05) is 37.3 Å². The fourth-order valence-corrected chi connectivity index (χ4v) is 5.77. The van der Waals surface area contributed by atoms with Gasteiger partial charge in [-0.05, 0) is 61.7 Å². The molecule has 2 fully saturated rings. The smallest absolute Gasteiger partial charge is 0.290 e. The lowest BCUT2D eigenvalue weighted by Crippen LogP contribution is -2.46. The molecule has 1 atom stereocenters. The summed E-state index contributed by atoms with van der Waals surface area (Å²) in [6, 6.07) is 11.7. The molecule has 2 amide bonds. The van der Waals surface area contributed by atoms with Gasteiger partial charge in [0.2, 0.25) is 6.79 Å². The summed E-state index contributed by atoms with van der Waals surface area (Å²) in [5.41, 5.74) is 0.793. The van der Waals surface area contributed by atoms with E-state index in [0.29, 0.717) is 48.5 Å². The van der Waals surface area contributed by atoms with Crippen LogP contribution in [0.3, 0.4) is 0 Å². The fraction of sp³-hybridized carbons (Fsp3) is 0.484. The average Bonchev–Trinajstić information content (AvgIpc) is 3.75. The first-order chi connectivity index (χ1) is 20.0. The predicted molar refractivity (Wildman–Crippen MR) is 148 cm³/mol. The molecule has 218 valence electrons. The first kappa shape index (κ1) is 27.4. The van der Waals surface area contributed by atoms with Crippen molar-refractivity contribution in [3.63, 3.8) is 0 Å². The van der Waals surface area contributed by atoms with E-state index in [2.05, 4.69) is 10.2 Å². The summed E-state index contributed by atoms with van der Waals surface area (Å²) in [5, 5.41) is 3.21. The minimum atomic E-state index is -0.989. The lowest BCUT2D eigenvalue weighted by atomic mass is 9.95.